The first-order valence-corrected chi connectivity index (χ1v) is 10.1. The molecule has 12 nitrogen and oxygen atoms in total. The summed E-state index contributed by atoms with van der Waals surface area (Å²) in [5.74, 6) is -2.81. The number of aliphatic carboxylic acids is 2. The second-order valence-corrected chi connectivity index (χ2v) is 7.34. The van der Waals surface area contributed by atoms with E-state index >= 15 is 0 Å². The van der Waals surface area contributed by atoms with Gasteiger partial charge >= 0.3 is 11.9 Å². The number of nitrogens with two attached hydrogens (primary N) is 2. The van der Waals surface area contributed by atoms with Crippen molar-refractivity contribution in [3.63, 3.8) is 0 Å². The van der Waals surface area contributed by atoms with E-state index in [9.17, 15) is 19.5 Å². The summed E-state index contributed by atoms with van der Waals surface area (Å²) in [5.41, 5.74) is 13.7. The highest BCUT2D eigenvalue weighted by molar-refractivity contribution is 5.97. The molecule has 0 spiro atoms. The van der Waals surface area contributed by atoms with Gasteiger partial charge in [-0.1, -0.05) is 6.58 Å². The van der Waals surface area contributed by atoms with Crippen LogP contribution in [0, 0.1) is 0 Å². The number of anilines is 3. The average Bonchev–Trinajstić information content (AvgIpc) is 2.80. The number of carboxylic acids is 2. The van der Waals surface area contributed by atoms with Crippen LogP contribution in [0.3, 0.4) is 0 Å². The summed E-state index contributed by atoms with van der Waals surface area (Å²) >= 11 is 0. The second-order valence-electron chi connectivity index (χ2n) is 7.34. The molecule has 1 aromatic carbocycles. The van der Waals surface area contributed by atoms with Crippen molar-refractivity contribution < 1.29 is 24.6 Å². The number of rotatable bonds is 10. The fourth-order valence-corrected chi connectivity index (χ4v) is 3.21. The molecule has 1 atom stereocenters. The molecule has 0 aliphatic rings. The summed E-state index contributed by atoms with van der Waals surface area (Å²) in [6, 6.07) is 6.92. The maximum Gasteiger partial charge on any atom is 0.326 e. The molecule has 12 heteroatoms. The third-order valence-electron chi connectivity index (χ3n) is 4.94. The lowest BCUT2D eigenvalue weighted by molar-refractivity contribution is -0.140. The number of carboxylic acid groups (broad SMARTS) is 2. The molecular weight excluding hydrogens is 442 g/mol. The molecule has 0 aliphatic heterocycles. The van der Waals surface area contributed by atoms with E-state index in [-0.39, 0.29) is 30.2 Å². The van der Waals surface area contributed by atoms with Crippen molar-refractivity contribution in [1.29, 1.82) is 0 Å². The zero-order valence-electron chi connectivity index (χ0n) is 18.0. The lowest BCUT2D eigenvalue weighted by Gasteiger charge is -2.21. The number of hydrogen-bond acceptors (Lipinski definition) is 9. The number of pyridine rings is 1. The van der Waals surface area contributed by atoms with Crippen LogP contribution in [-0.2, 0) is 16.1 Å². The van der Waals surface area contributed by atoms with Gasteiger partial charge in [-0.15, -0.1) is 0 Å². The molecule has 7 N–H and O–H groups in total. The minimum absolute atomic E-state index is 0.0404. The molecule has 34 heavy (non-hydrogen) atoms. The molecular formula is C22H23N7O5. The predicted octanol–water partition coefficient (Wildman–Crippen LogP) is 1.39. The Labute approximate surface area is 193 Å². The first kappa shape index (κ1) is 23.9. The number of nitrogen functional groups attached to an aromatic ring is 2. The van der Waals surface area contributed by atoms with Gasteiger partial charge in [0.05, 0.1) is 5.39 Å². The Bertz CT molecular complexity index is 1250. The van der Waals surface area contributed by atoms with Gasteiger partial charge in [0.1, 0.15) is 11.9 Å². The summed E-state index contributed by atoms with van der Waals surface area (Å²) in [4.78, 5) is 48.5. The highest BCUT2D eigenvalue weighted by Gasteiger charge is 2.21. The van der Waals surface area contributed by atoms with E-state index < -0.39 is 23.9 Å². The number of amides is 1. The number of hydrogen-bond donors (Lipinski definition) is 5. The molecule has 3 rings (SSSR count). The van der Waals surface area contributed by atoms with Crippen molar-refractivity contribution in [2.75, 3.05) is 16.4 Å². The summed E-state index contributed by atoms with van der Waals surface area (Å²) in [5, 5.41) is 20.9. The molecule has 2 heterocycles. The van der Waals surface area contributed by atoms with Gasteiger partial charge in [0, 0.05) is 30.4 Å². The Morgan fingerprint density at radius 2 is 1.85 bits per heavy atom. The average molecular weight is 465 g/mol. The molecule has 0 saturated carbocycles. The first-order chi connectivity index (χ1) is 16.2. The SMILES string of the molecule is C=CN(Cc1cnc2nc(N)nc(N)c2c1)c1ccc(C(=O)NC(CCC(=O)O)C(=O)O)cc1. The van der Waals surface area contributed by atoms with E-state index in [0.29, 0.717) is 23.3 Å². The zero-order chi connectivity index (χ0) is 24.8. The molecule has 0 radical (unpaired) electrons. The third-order valence-corrected chi connectivity index (χ3v) is 4.94. The minimum atomic E-state index is -1.31. The predicted molar refractivity (Wildman–Crippen MR) is 125 cm³/mol. The Morgan fingerprint density at radius 1 is 1.15 bits per heavy atom. The normalized spacial score (nSPS) is 11.5. The lowest BCUT2D eigenvalue weighted by Crippen LogP contribution is -2.41. The van der Waals surface area contributed by atoms with E-state index in [2.05, 4.69) is 26.8 Å². The maximum atomic E-state index is 12.4. The number of benzene rings is 1. The molecule has 1 unspecified atom stereocenters. The van der Waals surface area contributed by atoms with Crippen molar-refractivity contribution in [2.24, 2.45) is 0 Å². The first-order valence-electron chi connectivity index (χ1n) is 10.1. The number of nitrogens with one attached hydrogen (secondary N) is 1. The third kappa shape index (κ3) is 5.73. The van der Waals surface area contributed by atoms with Crippen LogP contribution >= 0.6 is 0 Å². The van der Waals surface area contributed by atoms with Gasteiger partial charge in [-0.3, -0.25) is 9.59 Å². The van der Waals surface area contributed by atoms with Crippen LogP contribution in [0.15, 0.2) is 49.3 Å². The van der Waals surface area contributed by atoms with E-state index in [4.69, 9.17) is 16.6 Å². The molecule has 0 fully saturated rings. The monoisotopic (exact) mass is 465 g/mol. The maximum absolute atomic E-state index is 12.4. The molecule has 0 bridgehead atoms. The van der Waals surface area contributed by atoms with Crippen molar-refractivity contribution in [2.45, 2.75) is 25.4 Å². The Morgan fingerprint density at radius 3 is 2.47 bits per heavy atom. The Balaban J connectivity index is 1.72. The standard InChI is InChI=1S/C22H23N7O5/c1-2-29(11-12-9-15-18(23)27-22(24)28-19(15)25-10-12)14-5-3-13(4-6-14)20(32)26-16(21(33)34)7-8-17(30)31/h2-6,9-10,16H,1,7-8,11H2,(H,26,32)(H,30,31)(H,33,34)(H4,23,24,25,27,28). The highest BCUT2D eigenvalue weighted by atomic mass is 16.4. The fraction of sp³-hybridized carbons (Fsp3) is 0.182. The second kappa shape index (κ2) is 10.3. The topological polar surface area (TPSA) is 198 Å². The number of nitrogens with zero attached hydrogens (tertiary/aromatic N) is 4. The Hall–Kier alpha value is -4.74. The molecule has 1 amide bonds. The fourth-order valence-electron chi connectivity index (χ4n) is 3.21. The van der Waals surface area contributed by atoms with Gasteiger partial charge in [-0.25, -0.2) is 9.78 Å². The van der Waals surface area contributed by atoms with Gasteiger partial charge in [-0.2, -0.15) is 9.97 Å². The smallest absolute Gasteiger partial charge is 0.326 e. The van der Waals surface area contributed by atoms with Gasteiger partial charge < -0.3 is 31.9 Å². The van der Waals surface area contributed by atoms with Crippen molar-refractivity contribution in [1.82, 2.24) is 20.3 Å². The minimum Gasteiger partial charge on any atom is -0.481 e. The Kier molecular flexibility index (Phi) is 7.21. The molecule has 0 saturated heterocycles. The van der Waals surface area contributed by atoms with E-state index in [1.807, 2.05) is 4.90 Å². The van der Waals surface area contributed by atoms with Crippen LogP contribution in [0.4, 0.5) is 17.5 Å². The lowest BCUT2D eigenvalue weighted by atomic mass is 10.1. The van der Waals surface area contributed by atoms with Crippen molar-refractivity contribution in [3.8, 4) is 0 Å². The summed E-state index contributed by atoms with van der Waals surface area (Å²) < 4.78 is 0. The van der Waals surface area contributed by atoms with Gasteiger partial charge in [0.25, 0.3) is 5.91 Å². The van der Waals surface area contributed by atoms with Gasteiger partial charge in [0.15, 0.2) is 5.65 Å². The quantitative estimate of drug-likeness (QED) is 0.290. The van der Waals surface area contributed by atoms with E-state index in [0.717, 1.165) is 5.56 Å². The van der Waals surface area contributed by atoms with Crippen LogP contribution < -0.4 is 21.7 Å². The van der Waals surface area contributed by atoms with Gasteiger partial charge in [-0.05, 0) is 48.5 Å². The van der Waals surface area contributed by atoms with Crippen LogP contribution in [-0.4, -0.2) is 49.1 Å². The molecule has 176 valence electrons. The summed E-state index contributed by atoms with van der Waals surface area (Å²) in [6.45, 7) is 4.21. The zero-order valence-corrected chi connectivity index (χ0v) is 18.0. The van der Waals surface area contributed by atoms with Crippen LogP contribution in [0.5, 0.6) is 0 Å². The largest absolute Gasteiger partial charge is 0.481 e. The van der Waals surface area contributed by atoms with Crippen LogP contribution in [0.25, 0.3) is 11.0 Å². The molecule has 2 aromatic heterocycles. The van der Waals surface area contributed by atoms with Crippen molar-refractivity contribution in [3.05, 3.63) is 60.4 Å². The summed E-state index contributed by atoms with van der Waals surface area (Å²) in [6.07, 6.45) is 2.64. The van der Waals surface area contributed by atoms with E-state index in [1.54, 1.807) is 30.6 Å². The summed E-state index contributed by atoms with van der Waals surface area (Å²) in [7, 11) is 0. The number of carbonyl (C=O) groups excluding carboxylic acids is 1. The molecule has 0 aliphatic carbocycles. The highest BCUT2D eigenvalue weighted by Crippen LogP contribution is 2.22. The van der Waals surface area contributed by atoms with Gasteiger partial charge in [0.2, 0.25) is 5.95 Å². The van der Waals surface area contributed by atoms with E-state index in [1.165, 1.54) is 12.1 Å². The van der Waals surface area contributed by atoms with Crippen LogP contribution in [0.2, 0.25) is 0 Å². The van der Waals surface area contributed by atoms with Crippen LogP contribution in [0.1, 0.15) is 28.8 Å². The number of fused-ring (bicyclic) bond motifs is 1. The van der Waals surface area contributed by atoms with Crippen molar-refractivity contribution >= 4 is 46.3 Å². The molecule has 3 aromatic rings. The number of carbonyl (C=O) groups is 3. The number of aromatic nitrogens is 3.